The monoisotopic (exact) mass is 356 g/mol. The number of nitrogens with zero attached hydrogens (tertiary/aromatic N) is 1. The third-order valence-corrected chi connectivity index (χ3v) is 5.72. The Morgan fingerprint density at radius 2 is 2.00 bits per heavy atom. The topological polar surface area (TPSA) is 48.1 Å². The van der Waals surface area contributed by atoms with Gasteiger partial charge in [0.1, 0.15) is 10.8 Å². The molecule has 0 aliphatic carbocycles. The Morgan fingerprint density at radius 3 is 2.79 bits per heavy atom. The molecule has 0 radical (unpaired) electrons. The summed E-state index contributed by atoms with van der Waals surface area (Å²) in [6, 6.07) is 18.4. The molecule has 0 fully saturated rings. The lowest BCUT2D eigenvalue weighted by atomic mass is 10.1. The fraction of sp³-hybridized carbons (Fsp3) is 0.211. The molecule has 0 amide bonds. The molecule has 0 aliphatic heterocycles. The molecule has 0 saturated carbocycles. The highest BCUT2D eigenvalue weighted by Gasteiger charge is 2.12. The molecular weight excluding hydrogens is 336 g/mol. The molecule has 3 aromatic rings. The predicted molar refractivity (Wildman–Crippen MR) is 104 cm³/mol. The molecule has 3 rings (SSSR count). The van der Waals surface area contributed by atoms with E-state index in [1.165, 1.54) is 5.56 Å². The van der Waals surface area contributed by atoms with Crippen LogP contribution in [0.2, 0.25) is 0 Å². The molecule has 3 nitrogen and oxygen atoms in total. The first-order valence-electron chi connectivity index (χ1n) is 7.73. The molecule has 24 heavy (non-hydrogen) atoms. The van der Waals surface area contributed by atoms with Crippen molar-refractivity contribution in [3.8, 4) is 17.0 Å². The number of rotatable bonds is 7. The summed E-state index contributed by atoms with van der Waals surface area (Å²) in [4.78, 5) is 4.71. The van der Waals surface area contributed by atoms with Crippen LogP contribution in [0.1, 0.15) is 16.6 Å². The first-order chi connectivity index (χ1) is 11.8. The van der Waals surface area contributed by atoms with Gasteiger partial charge in [-0.1, -0.05) is 42.5 Å². The maximum absolute atomic E-state index is 6.31. The Balaban J connectivity index is 1.60. The Bertz CT molecular complexity index is 774. The van der Waals surface area contributed by atoms with Crippen molar-refractivity contribution in [1.29, 1.82) is 0 Å². The van der Waals surface area contributed by atoms with Gasteiger partial charge in [0.15, 0.2) is 0 Å². The van der Waals surface area contributed by atoms with E-state index in [1.807, 2.05) is 42.1 Å². The highest BCUT2D eigenvalue weighted by molar-refractivity contribution is 7.98. The van der Waals surface area contributed by atoms with Crippen LogP contribution in [0.25, 0.3) is 11.3 Å². The van der Waals surface area contributed by atoms with Crippen LogP contribution < -0.4 is 10.5 Å². The second kappa shape index (κ2) is 8.33. The normalized spacial score (nSPS) is 12.1. The number of methoxy groups -OCH3 is 1. The Kier molecular flexibility index (Phi) is 5.91. The molecular formula is C19H20N2OS2. The highest BCUT2D eigenvalue weighted by Crippen LogP contribution is 2.28. The van der Waals surface area contributed by atoms with Crippen molar-refractivity contribution < 1.29 is 4.74 Å². The maximum Gasteiger partial charge on any atom is 0.119 e. The smallest absolute Gasteiger partial charge is 0.119 e. The molecule has 1 unspecified atom stereocenters. The summed E-state index contributed by atoms with van der Waals surface area (Å²) in [6.07, 6.45) is 0. The largest absolute Gasteiger partial charge is 0.497 e. The lowest BCUT2D eigenvalue weighted by molar-refractivity contribution is 0.415. The SMILES string of the molecule is COc1cccc(-c2csc(C(N)CSCc3ccccc3)n2)c1. The van der Waals surface area contributed by atoms with Crippen LogP contribution in [0.5, 0.6) is 5.75 Å². The van der Waals surface area contributed by atoms with Gasteiger partial charge in [-0.2, -0.15) is 11.8 Å². The number of hydrogen-bond acceptors (Lipinski definition) is 5. The van der Waals surface area contributed by atoms with Gasteiger partial charge in [0.05, 0.1) is 18.8 Å². The van der Waals surface area contributed by atoms with Gasteiger partial charge in [-0.15, -0.1) is 11.3 Å². The minimum Gasteiger partial charge on any atom is -0.497 e. The summed E-state index contributed by atoms with van der Waals surface area (Å²) < 4.78 is 5.27. The van der Waals surface area contributed by atoms with Crippen LogP contribution >= 0.6 is 23.1 Å². The van der Waals surface area contributed by atoms with E-state index in [-0.39, 0.29) is 6.04 Å². The molecule has 0 saturated heterocycles. The number of hydrogen-bond donors (Lipinski definition) is 1. The van der Waals surface area contributed by atoms with Gasteiger partial charge in [0.25, 0.3) is 0 Å². The van der Waals surface area contributed by atoms with E-state index in [4.69, 9.17) is 15.5 Å². The Morgan fingerprint density at radius 1 is 1.17 bits per heavy atom. The summed E-state index contributed by atoms with van der Waals surface area (Å²) in [6.45, 7) is 0. The Labute approximate surface area is 150 Å². The van der Waals surface area contributed by atoms with E-state index in [9.17, 15) is 0 Å². The van der Waals surface area contributed by atoms with Crippen LogP contribution in [0, 0.1) is 0 Å². The second-order valence-electron chi connectivity index (χ2n) is 5.41. The molecule has 2 N–H and O–H groups in total. The van der Waals surface area contributed by atoms with Gasteiger partial charge in [-0.05, 0) is 17.7 Å². The highest BCUT2D eigenvalue weighted by atomic mass is 32.2. The van der Waals surface area contributed by atoms with Crippen molar-refractivity contribution in [2.75, 3.05) is 12.9 Å². The predicted octanol–water partition coefficient (Wildman–Crippen LogP) is 4.75. The van der Waals surface area contributed by atoms with Crippen LogP contribution in [0.15, 0.2) is 60.0 Å². The van der Waals surface area contributed by atoms with Gasteiger partial charge >= 0.3 is 0 Å². The minimum absolute atomic E-state index is 0.0388. The van der Waals surface area contributed by atoms with Gasteiger partial charge < -0.3 is 10.5 Å². The summed E-state index contributed by atoms with van der Waals surface area (Å²) in [5.74, 6) is 2.67. The van der Waals surface area contributed by atoms with E-state index < -0.39 is 0 Å². The van der Waals surface area contributed by atoms with Gasteiger partial charge in [-0.25, -0.2) is 4.98 Å². The lowest BCUT2D eigenvalue weighted by Crippen LogP contribution is -2.12. The number of ether oxygens (including phenoxy) is 1. The van der Waals surface area contributed by atoms with E-state index in [0.29, 0.717) is 0 Å². The standard InChI is InChI=1S/C19H20N2OS2/c1-22-16-9-5-8-15(10-16)18-13-24-19(21-18)17(20)12-23-11-14-6-3-2-4-7-14/h2-10,13,17H,11-12,20H2,1H3. The van der Waals surface area contributed by atoms with Crippen molar-refractivity contribution in [2.24, 2.45) is 5.73 Å². The maximum atomic E-state index is 6.31. The summed E-state index contributed by atoms with van der Waals surface area (Å²) in [7, 11) is 1.67. The molecule has 0 bridgehead atoms. The summed E-state index contributed by atoms with van der Waals surface area (Å²) in [5.41, 5.74) is 9.65. The lowest BCUT2D eigenvalue weighted by Gasteiger charge is -2.08. The van der Waals surface area contributed by atoms with E-state index in [0.717, 1.165) is 33.5 Å². The fourth-order valence-electron chi connectivity index (χ4n) is 2.32. The molecule has 2 aromatic carbocycles. The zero-order chi connectivity index (χ0) is 16.8. The third-order valence-electron chi connectivity index (χ3n) is 3.61. The third kappa shape index (κ3) is 4.38. The second-order valence-corrected chi connectivity index (χ2v) is 7.33. The molecule has 5 heteroatoms. The number of thioether (sulfide) groups is 1. The average Bonchev–Trinajstić information content (AvgIpc) is 3.13. The van der Waals surface area contributed by atoms with Crippen molar-refractivity contribution in [2.45, 2.75) is 11.8 Å². The first kappa shape index (κ1) is 17.0. The molecule has 0 spiro atoms. The van der Waals surface area contributed by atoms with Crippen LogP contribution in [0.4, 0.5) is 0 Å². The molecule has 1 atom stereocenters. The van der Waals surface area contributed by atoms with Gasteiger partial charge in [0.2, 0.25) is 0 Å². The quantitative estimate of drug-likeness (QED) is 0.663. The van der Waals surface area contributed by atoms with E-state index in [1.54, 1.807) is 18.4 Å². The molecule has 1 heterocycles. The zero-order valence-electron chi connectivity index (χ0n) is 13.5. The fourth-order valence-corrected chi connectivity index (χ4v) is 4.22. The molecule has 124 valence electrons. The number of benzene rings is 2. The van der Waals surface area contributed by atoms with Gasteiger partial charge in [-0.3, -0.25) is 0 Å². The van der Waals surface area contributed by atoms with Crippen molar-refractivity contribution in [3.05, 3.63) is 70.5 Å². The van der Waals surface area contributed by atoms with Crippen LogP contribution in [-0.2, 0) is 5.75 Å². The Hall–Kier alpha value is -1.82. The molecule has 0 aliphatic rings. The zero-order valence-corrected chi connectivity index (χ0v) is 15.1. The summed E-state index contributed by atoms with van der Waals surface area (Å²) in [5, 5.41) is 3.04. The van der Waals surface area contributed by atoms with Gasteiger partial charge in [0, 0.05) is 22.4 Å². The van der Waals surface area contributed by atoms with Crippen LogP contribution in [-0.4, -0.2) is 17.8 Å². The van der Waals surface area contributed by atoms with Crippen LogP contribution in [0.3, 0.4) is 0 Å². The summed E-state index contributed by atoms with van der Waals surface area (Å²) >= 11 is 3.46. The van der Waals surface area contributed by atoms with Crippen molar-refractivity contribution in [3.63, 3.8) is 0 Å². The van der Waals surface area contributed by atoms with Crippen molar-refractivity contribution >= 4 is 23.1 Å². The number of nitrogens with two attached hydrogens (primary N) is 1. The van der Waals surface area contributed by atoms with Crippen molar-refractivity contribution in [1.82, 2.24) is 4.98 Å². The van der Waals surface area contributed by atoms with E-state index in [2.05, 4.69) is 29.6 Å². The van der Waals surface area contributed by atoms with E-state index >= 15 is 0 Å². The minimum atomic E-state index is -0.0388. The number of thiazole rings is 1. The molecule has 1 aromatic heterocycles. The first-order valence-corrected chi connectivity index (χ1v) is 9.77. The number of aromatic nitrogens is 1. The average molecular weight is 357 g/mol.